The molecule has 1 fully saturated rings. The van der Waals surface area contributed by atoms with Gasteiger partial charge in [0.05, 0.1) is 5.39 Å². The molecule has 0 bridgehead atoms. The molecule has 4 rings (SSSR count). The molecule has 0 atom stereocenters. The van der Waals surface area contributed by atoms with Gasteiger partial charge in [-0.05, 0) is 37.5 Å². The third-order valence-electron chi connectivity index (χ3n) is 5.09. The Hall–Kier alpha value is -2.38. The van der Waals surface area contributed by atoms with Crippen LogP contribution >= 0.6 is 0 Å². The molecule has 2 radical (unpaired) electrons. The van der Waals surface area contributed by atoms with E-state index in [4.69, 9.17) is 13.6 Å². The van der Waals surface area contributed by atoms with Crippen LogP contribution in [0.4, 0.5) is 11.5 Å². The number of likely N-dealkylation sites (tertiary alicyclic amines) is 1. The zero-order valence-electron chi connectivity index (χ0n) is 15.0. The van der Waals surface area contributed by atoms with Gasteiger partial charge in [-0.3, -0.25) is 4.90 Å². The summed E-state index contributed by atoms with van der Waals surface area (Å²) in [5, 5.41) is 4.40. The first-order valence-corrected chi connectivity index (χ1v) is 8.95. The molecule has 7 heteroatoms. The summed E-state index contributed by atoms with van der Waals surface area (Å²) in [6.07, 6.45) is 5.62. The fourth-order valence-corrected chi connectivity index (χ4v) is 3.46. The van der Waals surface area contributed by atoms with E-state index in [0.717, 1.165) is 55.0 Å². The highest BCUT2D eigenvalue weighted by Crippen LogP contribution is 2.28. The molecule has 3 aromatic rings. The van der Waals surface area contributed by atoms with Crippen molar-refractivity contribution < 1.29 is 0 Å². The lowest BCUT2D eigenvalue weighted by molar-refractivity contribution is 0.165. The van der Waals surface area contributed by atoms with Crippen LogP contribution < -0.4 is 16.5 Å². The zero-order chi connectivity index (χ0) is 18.1. The highest BCUT2D eigenvalue weighted by atomic mass is 15.1. The summed E-state index contributed by atoms with van der Waals surface area (Å²) in [4.78, 5) is 14.5. The zero-order valence-corrected chi connectivity index (χ0v) is 15.0. The van der Waals surface area contributed by atoms with Crippen molar-refractivity contribution >= 4 is 35.8 Å². The lowest BCUT2D eigenvalue weighted by Gasteiger charge is -2.36. The van der Waals surface area contributed by atoms with E-state index in [0.29, 0.717) is 5.46 Å². The predicted octanol–water partition coefficient (Wildman–Crippen LogP) is 1.81. The number of aromatic nitrogens is 3. The predicted molar refractivity (Wildman–Crippen MR) is 106 cm³/mol. The van der Waals surface area contributed by atoms with Gasteiger partial charge in [-0.1, -0.05) is 17.6 Å². The molecule has 2 aromatic heterocycles. The molecule has 1 aliphatic heterocycles. The second-order valence-corrected chi connectivity index (χ2v) is 7.44. The van der Waals surface area contributed by atoms with Gasteiger partial charge in [-0.25, -0.2) is 9.97 Å². The van der Waals surface area contributed by atoms with Gasteiger partial charge in [0.15, 0.2) is 0 Å². The van der Waals surface area contributed by atoms with E-state index in [1.165, 1.54) is 5.56 Å². The highest BCUT2D eigenvalue weighted by molar-refractivity contribution is 6.32. The minimum atomic E-state index is -0.0419. The molecule has 6 nitrogen and oxygen atoms in total. The third-order valence-corrected chi connectivity index (χ3v) is 5.09. The average molecular weight is 346 g/mol. The summed E-state index contributed by atoms with van der Waals surface area (Å²) in [5.41, 5.74) is 9.86. The number of nitrogens with zero attached hydrogens (tertiary/aromatic N) is 3. The van der Waals surface area contributed by atoms with Crippen LogP contribution in [0.15, 0.2) is 36.8 Å². The Morgan fingerprint density at radius 3 is 2.88 bits per heavy atom. The number of benzene rings is 1. The molecule has 0 aliphatic carbocycles. The quantitative estimate of drug-likeness (QED) is 0.628. The summed E-state index contributed by atoms with van der Waals surface area (Å²) in [5.74, 6) is 0.789. The summed E-state index contributed by atoms with van der Waals surface area (Å²) in [7, 11) is 5.88. The first-order valence-electron chi connectivity index (χ1n) is 8.95. The number of nitrogens with two attached hydrogens (primary N) is 1. The molecule has 0 spiro atoms. The van der Waals surface area contributed by atoms with E-state index >= 15 is 0 Å². The second-order valence-electron chi connectivity index (χ2n) is 7.44. The molecule has 0 unspecified atom stereocenters. The maximum atomic E-state index is 6.25. The van der Waals surface area contributed by atoms with E-state index in [2.05, 4.69) is 32.1 Å². The minimum Gasteiger partial charge on any atom is -0.346 e. The van der Waals surface area contributed by atoms with E-state index in [9.17, 15) is 0 Å². The van der Waals surface area contributed by atoms with Gasteiger partial charge in [0.25, 0.3) is 0 Å². The number of fused-ring (bicyclic) bond motifs is 1. The Kier molecular flexibility index (Phi) is 4.42. The van der Waals surface area contributed by atoms with E-state index in [1.807, 2.05) is 30.5 Å². The first-order chi connectivity index (χ1) is 12.5. The number of rotatable bonds is 4. The van der Waals surface area contributed by atoms with Crippen molar-refractivity contribution in [3.05, 3.63) is 42.4 Å². The van der Waals surface area contributed by atoms with Crippen LogP contribution in [0.5, 0.6) is 0 Å². The molecule has 0 amide bonds. The molecule has 4 N–H and O–H groups in total. The van der Waals surface area contributed by atoms with Crippen LogP contribution in [0.2, 0.25) is 0 Å². The van der Waals surface area contributed by atoms with Gasteiger partial charge in [0, 0.05) is 37.1 Å². The molecule has 132 valence electrons. The maximum absolute atomic E-state index is 6.25. The van der Waals surface area contributed by atoms with Crippen molar-refractivity contribution in [2.75, 3.05) is 18.4 Å². The summed E-state index contributed by atoms with van der Waals surface area (Å²) >= 11 is 0. The Balaban J connectivity index is 1.60. The van der Waals surface area contributed by atoms with Crippen LogP contribution in [0.3, 0.4) is 0 Å². The van der Waals surface area contributed by atoms with Gasteiger partial charge in [-0.2, -0.15) is 0 Å². The van der Waals surface area contributed by atoms with Crippen LogP contribution in [-0.4, -0.2) is 46.3 Å². The number of piperidine rings is 1. The van der Waals surface area contributed by atoms with Crippen molar-refractivity contribution in [3.63, 3.8) is 0 Å². The molecule has 26 heavy (non-hydrogen) atoms. The molecule has 1 aromatic carbocycles. The van der Waals surface area contributed by atoms with Crippen LogP contribution in [0.1, 0.15) is 25.3 Å². The summed E-state index contributed by atoms with van der Waals surface area (Å²) in [6, 6.07) is 7.66. The fraction of sp³-hybridized carbons (Fsp3) is 0.368. The SMILES string of the molecule is [B]c1cccc(Nc2ncnc3[nH]cc(CN4CCC(C)(N)CC4)c23)c1. The van der Waals surface area contributed by atoms with Crippen LogP contribution in [-0.2, 0) is 6.54 Å². The van der Waals surface area contributed by atoms with E-state index in [-0.39, 0.29) is 5.54 Å². The second kappa shape index (κ2) is 6.74. The Bertz CT molecular complexity index is 909. The molecule has 0 saturated carbocycles. The molecule has 1 aliphatic rings. The van der Waals surface area contributed by atoms with Gasteiger partial charge in [-0.15, -0.1) is 0 Å². The van der Waals surface area contributed by atoms with Gasteiger partial charge in [0.2, 0.25) is 0 Å². The van der Waals surface area contributed by atoms with Crippen molar-refractivity contribution in [1.82, 2.24) is 19.9 Å². The number of anilines is 2. The molecule has 1 saturated heterocycles. The minimum absolute atomic E-state index is 0.0419. The first kappa shape index (κ1) is 17.1. The van der Waals surface area contributed by atoms with E-state index in [1.54, 1.807) is 6.33 Å². The fourth-order valence-electron chi connectivity index (χ4n) is 3.46. The topological polar surface area (TPSA) is 82.9 Å². The van der Waals surface area contributed by atoms with Crippen molar-refractivity contribution in [2.45, 2.75) is 31.8 Å². The van der Waals surface area contributed by atoms with E-state index < -0.39 is 0 Å². The standard InChI is InChI=1S/C19H23BN6/c1-19(21)5-7-26(8-6-19)11-13-10-22-17-16(13)18(24-12-23-17)25-15-4-2-3-14(20)9-15/h2-4,9-10,12H,5-8,11,21H2,1H3,(H2,22,23,24,25). The Morgan fingerprint density at radius 1 is 1.31 bits per heavy atom. The number of hydrogen-bond donors (Lipinski definition) is 3. The normalized spacial score (nSPS) is 17.5. The lowest BCUT2D eigenvalue weighted by atomic mass is 9.91. The van der Waals surface area contributed by atoms with Crippen molar-refractivity contribution in [1.29, 1.82) is 0 Å². The van der Waals surface area contributed by atoms with Crippen molar-refractivity contribution in [3.8, 4) is 0 Å². The smallest absolute Gasteiger partial charge is 0.143 e. The summed E-state index contributed by atoms with van der Waals surface area (Å²) < 4.78 is 0. The number of aromatic amines is 1. The largest absolute Gasteiger partial charge is 0.346 e. The lowest BCUT2D eigenvalue weighted by Crippen LogP contribution is -2.47. The summed E-state index contributed by atoms with van der Waals surface area (Å²) in [6.45, 7) is 5.00. The average Bonchev–Trinajstić information content (AvgIpc) is 3.01. The van der Waals surface area contributed by atoms with Gasteiger partial charge >= 0.3 is 0 Å². The van der Waals surface area contributed by atoms with Gasteiger partial charge in [0.1, 0.15) is 25.6 Å². The van der Waals surface area contributed by atoms with Crippen molar-refractivity contribution in [2.24, 2.45) is 5.73 Å². The maximum Gasteiger partial charge on any atom is 0.143 e. The number of hydrogen-bond acceptors (Lipinski definition) is 5. The highest BCUT2D eigenvalue weighted by Gasteiger charge is 2.26. The van der Waals surface area contributed by atoms with Gasteiger partial charge < -0.3 is 16.0 Å². The third kappa shape index (κ3) is 3.59. The molecular weight excluding hydrogens is 323 g/mol. The molecular formula is C19H23BN6. The van der Waals surface area contributed by atoms with Crippen LogP contribution in [0.25, 0.3) is 11.0 Å². The molecule has 3 heterocycles. The Labute approximate surface area is 154 Å². The van der Waals surface area contributed by atoms with Crippen LogP contribution in [0, 0.1) is 0 Å². The monoisotopic (exact) mass is 346 g/mol. The number of nitrogens with one attached hydrogen (secondary N) is 2. The Morgan fingerprint density at radius 2 is 2.12 bits per heavy atom. The number of H-pyrrole nitrogens is 1.